The molecule has 0 saturated carbocycles. The largest absolute Gasteiger partial charge is 0.484 e. The monoisotopic (exact) mass is 436 g/mol. The Kier molecular flexibility index (Phi) is 6.74. The van der Waals surface area contributed by atoms with Gasteiger partial charge in [-0.3, -0.25) is 14.2 Å². The van der Waals surface area contributed by atoms with E-state index in [-0.39, 0.29) is 35.3 Å². The fraction of sp³-hybridized carbons (Fsp3) is 0.381. The van der Waals surface area contributed by atoms with E-state index in [0.29, 0.717) is 25.4 Å². The molecule has 1 fully saturated rings. The van der Waals surface area contributed by atoms with Crippen molar-refractivity contribution in [3.63, 3.8) is 0 Å². The van der Waals surface area contributed by atoms with Gasteiger partial charge in [0.25, 0.3) is 16.0 Å². The van der Waals surface area contributed by atoms with Gasteiger partial charge in [0.2, 0.25) is 0 Å². The topological polar surface area (TPSA) is 87.1 Å². The van der Waals surface area contributed by atoms with Gasteiger partial charge in [-0.2, -0.15) is 8.42 Å². The number of ether oxygens (including phenoxy) is 1. The first kappa shape index (κ1) is 22.2. The van der Waals surface area contributed by atoms with Crippen LogP contribution in [0, 0.1) is 5.82 Å². The van der Waals surface area contributed by atoms with E-state index in [4.69, 9.17) is 9.29 Å². The van der Waals surface area contributed by atoms with E-state index < -0.39 is 10.1 Å². The highest BCUT2D eigenvalue weighted by atomic mass is 32.2. The zero-order valence-electron chi connectivity index (χ0n) is 16.9. The quantitative estimate of drug-likeness (QED) is 0.701. The summed E-state index contributed by atoms with van der Waals surface area (Å²) in [5.41, 5.74) is 1.02. The summed E-state index contributed by atoms with van der Waals surface area (Å²) >= 11 is 0. The third-order valence-electron chi connectivity index (χ3n) is 5.22. The second kappa shape index (κ2) is 9.11. The number of amides is 1. The van der Waals surface area contributed by atoms with Crippen LogP contribution in [0.2, 0.25) is 0 Å². The van der Waals surface area contributed by atoms with E-state index in [1.165, 1.54) is 36.4 Å². The maximum absolute atomic E-state index is 13.1. The van der Waals surface area contributed by atoms with E-state index in [0.717, 1.165) is 5.56 Å². The van der Waals surface area contributed by atoms with E-state index in [1.54, 1.807) is 17.0 Å². The van der Waals surface area contributed by atoms with Gasteiger partial charge < -0.3 is 9.64 Å². The summed E-state index contributed by atoms with van der Waals surface area (Å²) in [6.45, 7) is 5.77. The van der Waals surface area contributed by atoms with Crippen molar-refractivity contribution in [2.75, 3.05) is 19.7 Å². The highest BCUT2D eigenvalue weighted by Crippen LogP contribution is 2.20. The third kappa shape index (κ3) is 5.56. The van der Waals surface area contributed by atoms with Crippen molar-refractivity contribution < 1.29 is 26.9 Å². The normalized spacial score (nSPS) is 20.2. The van der Waals surface area contributed by atoms with Crippen molar-refractivity contribution in [2.24, 2.45) is 0 Å². The Morgan fingerprint density at radius 3 is 2.30 bits per heavy atom. The highest BCUT2D eigenvalue weighted by Gasteiger charge is 2.32. The van der Waals surface area contributed by atoms with Gasteiger partial charge in [0.15, 0.2) is 6.61 Å². The molecule has 2 aromatic carbocycles. The highest BCUT2D eigenvalue weighted by molar-refractivity contribution is 7.85. The number of carbonyl (C=O) groups is 1. The molecule has 162 valence electrons. The molecule has 2 aromatic rings. The van der Waals surface area contributed by atoms with Crippen molar-refractivity contribution in [1.29, 1.82) is 0 Å². The van der Waals surface area contributed by atoms with Gasteiger partial charge >= 0.3 is 0 Å². The predicted molar refractivity (Wildman–Crippen MR) is 109 cm³/mol. The summed E-state index contributed by atoms with van der Waals surface area (Å²) in [5, 5.41) is 0. The molecule has 0 aliphatic carbocycles. The lowest BCUT2D eigenvalue weighted by molar-refractivity contribution is -0.139. The van der Waals surface area contributed by atoms with Gasteiger partial charge in [0, 0.05) is 31.7 Å². The Morgan fingerprint density at radius 2 is 1.70 bits per heavy atom. The molecule has 9 heteroatoms. The van der Waals surface area contributed by atoms with E-state index in [1.807, 2.05) is 13.8 Å². The Labute approximate surface area is 175 Å². The predicted octanol–water partition coefficient (Wildman–Crippen LogP) is 2.57. The summed E-state index contributed by atoms with van der Waals surface area (Å²) in [7, 11) is -4.27. The Morgan fingerprint density at radius 1 is 1.07 bits per heavy atom. The first-order valence-electron chi connectivity index (χ1n) is 9.62. The van der Waals surface area contributed by atoms with E-state index in [9.17, 15) is 17.6 Å². The van der Waals surface area contributed by atoms with Crippen molar-refractivity contribution in [3.8, 4) is 5.75 Å². The molecule has 1 aliphatic rings. The lowest BCUT2D eigenvalue weighted by atomic mass is 10.1. The number of halogens is 1. The molecule has 0 aromatic heterocycles. The van der Waals surface area contributed by atoms with E-state index in [2.05, 4.69) is 4.90 Å². The zero-order chi connectivity index (χ0) is 21.9. The molecule has 0 spiro atoms. The smallest absolute Gasteiger partial charge is 0.294 e. The molecular formula is C21H25FN2O5S. The second-order valence-corrected chi connectivity index (χ2v) is 8.96. The van der Waals surface area contributed by atoms with Crippen LogP contribution in [-0.2, 0) is 21.5 Å². The van der Waals surface area contributed by atoms with Crippen LogP contribution in [0.1, 0.15) is 19.4 Å². The molecule has 0 bridgehead atoms. The summed E-state index contributed by atoms with van der Waals surface area (Å²) in [6.07, 6.45) is 0. The number of piperazine rings is 1. The van der Waals surface area contributed by atoms with Crippen LogP contribution >= 0.6 is 0 Å². The lowest BCUT2D eigenvalue weighted by Gasteiger charge is -2.44. The van der Waals surface area contributed by atoms with Crippen LogP contribution in [0.5, 0.6) is 5.75 Å². The van der Waals surface area contributed by atoms with Crippen molar-refractivity contribution in [1.82, 2.24) is 9.80 Å². The minimum Gasteiger partial charge on any atom is -0.484 e. The standard InChI is InChI=1S/C21H25FN2O5S/c1-15-12-24(16(2)11-23(15)13-17-3-5-18(22)6-4-17)21(25)14-29-19-7-9-20(10-8-19)30(26,27)28/h3-10,15-16H,11-14H2,1-2H3,(H,26,27,28)/t15-,16+/m1/s1. The molecule has 1 amide bonds. The molecular weight excluding hydrogens is 411 g/mol. The Bertz CT molecular complexity index is 979. The summed E-state index contributed by atoms with van der Waals surface area (Å²) in [4.78, 5) is 16.5. The summed E-state index contributed by atoms with van der Waals surface area (Å²) in [6, 6.07) is 11.8. The number of nitrogens with zero attached hydrogens (tertiary/aromatic N) is 2. The lowest BCUT2D eigenvalue weighted by Crippen LogP contribution is -2.58. The molecule has 1 N–H and O–H groups in total. The van der Waals surface area contributed by atoms with Crippen molar-refractivity contribution in [3.05, 3.63) is 59.9 Å². The second-order valence-electron chi connectivity index (χ2n) is 7.54. The average molecular weight is 437 g/mol. The van der Waals surface area contributed by atoms with Crippen molar-refractivity contribution >= 4 is 16.0 Å². The number of hydrogen-bond acceptors (Lipinski definition) is 5. The van der Waals surface area contributed by atoms with Crippen LogP contribution in [0.15, 0.2) is 53.4 Å². The Balaban J connectivity index is 1.55. The van der Waals surface area contributed by atoms with Gasteiger partial charge in [-0.25, -0.2) is 4.39 Å². The molecule has 7 nitrogen and oxygen atoms in total. The van der Waals surface area contributed by atoms with Crippen molar-refractivity contribution in [2.45, 2.75) is 37.4 Å². The van der Waals surface area contributed by atoms with E-state index >= 15 is 0 Å². The fourth-order valence-corrected chi connectivity index (χ4v) is 4.01. The van der Waals surface area contributed by atoms with Crippen LogP contribution in [0.25, 0.3) is 0 Å². The summed E-state index contributed by atoms with van der Waals surface area (Å²) in [5.74, 6) is -0.0794. The third-order valence-corrected chi connectivity index (χ3v) is 6.09. The molecule has 0 radical (unpaired) electrons. The van der Waals surface area contributed by atoms with Gasteiger partial charge in [-0.15, -0.1) is 0 Å². The number of carbonyl (C=O) groups excluding carboxylic acids is 1. The molecule has 1 aliphatic heterocycles. The first-order chi connectivity index (χ1) is 14.1. The molecule has 0 unspecified atom stereocenters. The minimum atomic E-state index is -4.27. The molecule has 3 rings (SSSR count). The van der Waals surface area contributed by atoms with Gasteiger partial charge in [0.05, 0.1) is 4.90 Å². The minimum absolute atomic E-state index is 0.0142. The van der Waals surface area contributed by atoms with Crippen LogP contribution in [0.4, 0.5) is 4.39 Å². The SMILES string of the molecule is C[C@@H]1CN(C(=O)COc2ccc(S(=O)(=O)O)cc2)[C@@H](C)CN1Cc1ccc(F)cc1. The first-order valence-corrected chi connectivity index (χ1v) is 11.1. The molecule has 1 saturated heterocycles. The molecule has 1 heterocycles. The van der Waals surface area contributed by atoms with Gasteiger partial charge in [0.1, 0.15) is 11.6 Å². The van der Waals surface area contributed by atoms with Gasteiger partial charge in [-0.05, 0) is 55.8 Å². The average Bonchev–Trinajstić information content (AvgIpc) is 2.70. The maximum Gasteiger partial charge on any atom is 0.294 e. The number of benzene rings is 2. The Hall–Kier alpha value is -2.49. The molecule has 30 heavy (non-hydrogen) atoms. The van der Waals surface area contributed by atoms with Crippen LogP contribution in [-0.4, -0.2) is 60.5 Å². The maximum atomic E-state index is 13.1. The summed E-state index contributed by atoms with van der Waals surface area (Å²) < 4.78 is 49.7. The molecule has 2 atom stereocenters. The van der Waals surface area contributed by atoms with Gasteiger partial charge in [-0.1, -0.05) is 12.1 Å². The fourth-order valence-electron chi connectivity index (χ4n) is 3.53. The zero-order valence-corrected chi connectivity index (χ0v) is 17.7. The van der Waals surface area contributed by atoms with Crippen LogP contribution < -0.4 is 4.74 Å². The number of hydrogen-bond donors (Lipinski definition) is 1. The van der Waals surface area contributed by atoms with Crippen LogP contribution in [0.3, 0.4) is 0 Å². The number of rotatable bonds is 6.